The Labute approximate surface area is 173 Å². The minimum absolute atomic E-state index is 0. The standard InChI is InChI=1S/C20H13S2.BrH.Zn/c1-2-5-15(6-3-1)16-8-10-17(11-9-16)18-12-13-20(22-18)19-7-4-14-21-19;;/h1-13H;1H;/q-1;;+2/p-1. The summed E-state index contributed by atoms with van der Waals surface area (Å²) in [7, 11) is 0. The fraction of sp³-hybridized carbons (Fsp3) is 0. The smallest absolute Gasteiger partial charge is 1.00 e. The van der Waals surface area contributed by atoms with Crippen molar-refractivity contribution in [1.29, 1.82) is 0 Å². The molecule has 0 fully saturated rings. The summed E-state index contributed by atoms with van der Waals surface area (Å²) >= 11 is 3.51. The largest absolute Gasteiger partial charge is 2.00 e. The molecule has 4 heteroatoms. The van der Waals surface area contributed by atoms with Gasteiger partial charge in [-0.3, -0.25) is 11.3 Å². The Morgan fingerprint density at radius 2 is 1.21 bits per heavy atom. The molecule has 0 aliphatic carbocycles. The van der Waals surface area contributed by atoms with Crippen molar-refractivity contribution in [2.75, 3.05) is 0 Å². The van der Waals surface area contributed by atoms with Crippen molar-refractivity contribution in [3.63, 3.8) is 0 Å². The van der Waals surface area contributed by atoms with Crippen molar-refractivity contribution in [3.8, 4) is 31.3 Å². The van der Waals surface area contributed by atoms with Crippen LogP contribution in [-0.2, 0) is 19.5 Å². The van der Waals surface area contributed by atoms with E-state index >= 15 is 0 Å². The van der Waals surface area contributed by atoms with Crippen LogP contribution in [0.1, 0.15) is 0 Å². The Morgan fingerprint density at radius 3 is 1.88 bits per heavy atom. The third-order valence-electron chi connectivity index (χ3n) is 3.60. The van der Waals surface area contributed by atoms with Crippen LogP contribution in [-0.4, -0.2) is 0 Å². The van der Waals surface area contributed by atoms with Crippen molar-refractivity contribution < 1.29 is 36.5 Å². The van der Waals surface area contributed by atoms with Gasteiger partial charge in [-0.15, -0.1) is 21.6 Å². The molecule has 0 nitrogen and oxygen atoms in total. The third kappa shape index (κ3) is 4.12. The molecule has 4 rings (SSSR count). The minimum atomic E-state index is 0. The molecule has 4 aromatic rings. The molecular weight excluding hydrogens is 450 g/mol. The van der Waals surface area contributed by atoms with Gasteiger partial charge in [0.1, 0.15) is 0 Å². The molecule has 0 saturated carbocycles. The van der Waals surface area contributed by atoms with Gasteiger partial charge < -0.3 is 17.0 Å². The first-order valence-electron chi connectivity index (χ1n) is 7.12. The molecule has 114 valence electrons. The molecule has 0 aliphatic heterocycles. The maximum absolute atomic E-state index is 3.15. The molecule has 2 aromatic heterocycles. The summed E-state index contributed by atoms with van der Waals surface area (Å²) in [6, 6.07) is 27.8. The first kappa shape index (κ1) is 19.3. The minimum Gasteiger partial charge on any atom is -1.00 e. The van der Waals surface area contributed by atoms with E-state index in [-0.39, 0.29) is 36.5 Å². The van der Waals surface area contributed by atoms with Crippen molar-refractivity contribution >= 4 is 22.7 Å². The summed E-state index contributed by atoms with van der Waals surface area (Å²) in [4.78, 5) is 3.91. The third-order valence-corrected chi connectivity index (χ3v) is 5.72. The SMILES string of the molecule is [Br-].[Zn+2].[c-]1ccc(-c2ccc(-c3ccc(-c4ccccc4)cc3)s2)s1. The zero-order valence-corrected chi connectivity index (χ0v) is 19.1. The van der Waals surface area contributed by atoms with Gasteiger partial charge in [0, 0.05) is 4.88 Å². The number of hydrogen-bond donors (Lipinski definition) is 0. The van der Waals surface area contributed by atoms with E-state index in [4.69, 9.17) is 0 Å². The van der Waals surface area contributed by atoms with Crippen LogP contribution in [0.2, 0.25) is 0 Å². The van der Waals surface area contributed by atoms with Gasteiger partial charge in [0.05, 0.1) is 0 Å². The van der Waals surface area contributed by atoms with Crippen molar-refractivity contribution in [2.45, 2.75) is 0 Å². The van der Waals surface area contributed by atoms with Crippen molar-refractivity contribution in [3.05, 3.63) is 84.2 Å². The summed E-state index contributed by atoms with van der Waals surface area (Å²) in [5.74, 6) is 0. The molecular formula is C20H13BrS2Zn. The first-order valence-corrected chi connectivity index (χ1v) is 8.75. The summed E-state index contributed by atoms with van der Waals surface area (Å²) in [6.45, 7) is 0. The fourth-order valence-corrected chi connectivity index (χ4v) is 4.21. The van der Waals surface area contributed by atoms with E-state index in [1.54, 1.807) is 11.3 Å². The van der Waals surface area contributed by atoms with E-state index in [2.05, 4.69) is 72.1 Å². The quantitative estimate of drug-likeness (QED) is 0.322. The van der Waals surface area contributed by atoms with Crippen LogP contribution in [0.25, 0.3) is 31.3 Å². The van der Waals surface area contributed by atoms with Crippen LogP contribution in [0.5, 0.6) is 0 Å². The van der Waals surface area contributed by atoms with Crippen LogP contribution in [0.15, 0.2) is 78.9 Å². The Hall–Kier alpha value is -1.06. The Kier molecular flexibility index (Phi) is 7.12. The van der Waals surface area contributed by atoms with Crippen LogP contribution in [0.4, 0.5) is 0 Å². The molecule has 0 bridgehead atoms. The zero-order valence-electron chi connectivity index (χ0n) is 12.9. The molecule has 0 amide bonds. The Morgan fingerprint density at radius 1 is 0.583 bits per heavy atom. The zero-order chi connectivity index (χ0) is 14.8. The predicted octanol–water partition coefficient (Wildman–Crippen LogP) is 3.61. The second kappa shape index (κ2) is 8.87. The number of benzene rings is 2. The predicted molar refractivity (Wildman–Crippen MR) is 97.3 cm³/mol. The number of hydrogen-bond acceptors (Lipinski definition) is 2. The summed E-state index contributed by atoms with van der Waals surface area (Å²) in [5, 5.41) is 3.15. The summed E-state index contributed by atoms with van der Waals surface area (Å²) in [5.41, 5.74) is 3.79. The molecule has 24 heavy (non-hydrogen) atoms. The van der Waals surface area contributed by atoms with Gasteiger partial charge in [-0.25, -0.2) is 0 Å². The van der Waals surface area contributed by atoms with Crippen LogP contribution in [0, 0.1) is 5.38 Å². The first-order chi connectivity index (χ1) is 10.9. The molecule has 2 heterocycles. The van der Waals surface area contributed by atoms with E-state index < -0.39 is 0 Å². The number of halogens is 1. The van der Waals surface area contributed by atoms with Gasteiger partial charge in [0.2, 0.25) is 0 Å². The molecule has 0 saturated heterocycles. The topological polar surface area (TPSA) is 0 Å². The van der Waals surface area contributed by atoms with Gasteiger partial charge >= 0.3 is 19.5 Å². The van der Waals surface area contributed by atoms with Gasteiger partial charge in [0.25, 0.3) is 0 Å². The molecule has 2 aromatic carbocycles. The maximum atomic E-state index is 3.15. The van der Waals surface area contributed by atoms with E-state index in [0.717, 1.165) is 0 Å². The summed E-state index contributed by atoms with van der Waals surface area (Å²) in [6.07, 6.45) is 0. The molecule has 0 radical (unpaired) electrons. The number of rotatable bonds is 3. The second-order valence-corrected chi connectivity index (χ2v) is 6.99. The number of thiophene rings is 2. The van der Waals surface area contributed by atoms with Gasteiger partial charge in [-0.2, -0.15) is 12.1 Å². The van der Waals surface area contributed by atoms with Gasteiger partial charge in [-0.05, 0) is 27.6 Å². The molecule has 0 atom stereocenters. The Bertz CT molecular complexity index is 866. The van der Waals surface area contributed by atoms with Crippen LogP contribution in [0.3, 0.4) is 0 Å². The van der Waals surface area contributed by atoms with Crippen LogP contribution < -0.4 is 17.0 Å². The van der Waals surface area contributed by atoms with Crippen molar-refractivity contribution in [1.82, 2.24) is 0 Å². The molecule has 0 N–H and O–H groups in total. The van der Waals surface area contributed by atoms with Crippen molar-refractivity contribution in [2.24, 2.45) is 0 Å². The van der Waals surface area contributed by atoms with Gasteiger partial charge in [0.15, 0.2) is 0 Å². The average molecular weight is 463 g/mol. The van der Waals surface area contributed by atoms with Gasteiger partial charge in [-0.1, -0.05) is 60.7 Å². The van der Waals surface area contributed by atoms with Crippen LogP contribution >= 0.6 is 22.7 Å². The fourth-order valence-electron chi connectivity index (χ4n) is 2.46. The van der Waals surface area contributed by atoms with E-state index in [1.807, 2.05) is 23.5 Å². The monoisotopic (exact) mass is 460 g/mol. The normalized spacial score (nSPS) is 9.83. The van der Waals surface area contributed by atoms with E-state index in [9.17, 15) is 0 Å². The molecule has 0 spiro atoms. The molecule has 0 aliphatic rings. The summed E-state index contributed by atoms with van der Waals surface area (Å²) < 4.78 is 0. The average Bonchev–Trinajstić information content (AvgIpc) is 3.27. The molecule has 0 unspecified atom stereocenters. The van der Waals surface area contributed by atoms with E-state index in [1.165, 1.54) is 31.3 Å². The second-order valence-electron chi connectivity index (χ2n) is 5.02. The van der Waals surface area contributed by atoms with E-state index in [0.29, 0.717) is 0 Å². The Balaban J connectivity index is 0.00000104. The maximum Gasteiger partial charge on any atom is 2.00 e.